The van der Waals surface area contributed by atoms with Crippen LogP contribution in [0.4, 0.5) is 0 Å². The number of benzene rings is 1. The molecule has 0 fully saturated rings. The molecule has 0 N–H and O–H groups in total. The van der Waals surface area contributed by atoms with Gasteiger partial charge in [-0.25, -0.2) is 9.50 Å². The molecule has 0 saturated heterocycles. The van der Waals surface area contributed by atoms with Crippen molar-refractivity contribution in [2.45, 2.75) is 13.0 Å². The summed E-state index contributed by atoms with van der Waals surface area (Å²) in [4.78, 5) is 8.41. The van der Waals surface area contributed by atoms with Crippen molar-refractivity contribution in [1.29, 1.82) is 0 Å². The van der Waals surface area contributed by atoms with E-state index < -0.39 is 0 Å². The minimum absolute atomic E-state index is 0.268. The smallest absolute Gasteiger partial charge is 0.252 e. The average Bonchev–Trinajstić information content (AvgIpc) is 2.89. The largest absolute Gasteiger partial charge is 0.483 e. The van der Waals surface area contributed by atoms with Crippen molar-refractivity contribution in [3.05, 3.63) is 52.5 Å². The van der Waals surface area contributed by atoms with Gasteiger partial charge in [-0.05, 0) is 31.2 Å². The number of nitrogens with zero attached hydrogens (tertiary/aromatic N) is 4. The Labute approximate surface area is 125 Å². The standard InChI is InChI=1S/C13H10Cl2N4O/c1-8(20-12-3-2-9(14)6-10(12)15)11-4-5-19-13(18-11)16-7-17-19/h2-8H,1H3. The molecular formula is C13H10Cl2N4O. The van der Waals surface area contributed by atoms with Crippen LogP contribution in [0.15, 0.2) is 36.8 Å². The summed E-state index contributed by atoms with van der Waals surface area (Å²) < 4.78 is 7.39. The highest BCUT2D eigenvalue weighted by Crippen LogP contribution is 2.30. The van der Waals surface area contributed by atoms with Crippen molar-refractivity contribution in [2.75, 3.05) is 0 Å². The van der Waals surface area contributed by atoms with Crippen molar-refractivity contribution in [2.24, 2.45) is 0 Å². The Morgan fingerprint density at radius 1 is 1.25 bits per heavy atom. The van der Waals surface area contributed by atoms with Gasteiger partial charge in [0.05, 0.1) is 10.7 Å². The van der Waals surface area contributed by atoms with E-state index in [9.17, 15) is 0 Å². The maximum absolute atomic E-state index is 6.08. The minimum Gasteiger partial charge on any atom is -0.483 e. The number of hydrogen-bond acceptors (Lipinski definition) is 4. The minimum atomic E-state index is -0.268. The van der Waals surface area contributed by atoms with Gasteiger partial charge in [-0.1, -0.05) is 23.2 Å². The molecule has 20 heavy (non-hydrogen) atoms. The summed E-state index contributed by atoms with van der Waals surface area (Å²) in [6.07, 6.45) is 2.97. The number of aromatic nitrogens is 4. The van der Waals surface area contributed by atoms with E-state index in [1.807, 2.05) is 13.0 Å². The van der Waals surface area contributed by atoms with Crippen LogP contribution < -0.4 is 4.74 Å². The molecule has 5 nitrogen and oxygen atoms in total. The van der Waals surface area contributed by atoms with Gasteiger partial charge in [0, 0.05) is 11.2 Å². The molecule has 2 heterocycles. The van der Waals surface area contributed by atoms with Crippen LogP contribution in [0.1, 0.15) is 18.7 Å². The summed E-state index contributed by atoms with van der Waals surface area (Å²) in [5, 5.41) is 5.03. The van der Waals surface area contributed by atoms with E-state index in [2.05, 4.69) is 15.1 Å². The second-order valence-corrected chi connectivity index (χ2v) is 5.04. The van der Waals surface area contributed by atoms with Crippen molar-refractivity contribution < 1.29 is 4.74 Å². The highest BCUT2D eigenvalue weighted by Gasteiger charge is 2.12. The average molecular weight is 309 g/mol. The molecule has 1 aromatic carbocycles. The van der Waals surface area contributed by atoms with Crippen LogP contribution >= 0.6 is 23.2 Å². The summed E-state index contributed by atoms with van der Waals surface area (Å²) in [5.41, 5.74) is 0.747. The van der Waals surface area contributed by atoms with Crippen LogP contribution in [-0.4, -0.2) is 19.6 Å². The van der Waals surface area contributed by atoms with Crippen molar-refractivity contribution in [1.82, 2.24) is 19.6 Å². The molecular weight excluding hydrogens is 299 g/mol. The molecule has 2 aromatic heterocycles. The molecule has 102 valence electrons. The molecule has 0 bridgehead atoms. The summed E-state index contributed by atoms with van der Waals surface area (Å²) in [5.74, 6) is 1.09. The van der Waals surface area contributed by atoms with Gasteiger partial charge in [0.25, 0.3) is 5.78 Å². The first-order valence-electron chi connectivity index (χ1n) is 5.91. The molecule has 3 aromatic rings. The molecule has 0 saturated carbocycles. The third-order valence-corrected chi connectivity index (χ3v) is 3.31. The Kier molecular flexibility index (Phi) is 3.46. The van der Waals surface area contributed by atoms with Crippen molar-refractivity contribution in [3.8, 4) is 5.75 Å². The predicted octanol–water partition coefficient (Wildman–Crippen LogP) is 3.57. The fourth-order valence-corrected chi connectivity index (χ4v) is 2.23. The molecule has 0 aliphatic carbocycles. The van der Waals surface area contributed by atoms with Crippen molar-refractivity contribution >= 4 is 29.0 Å². The fraction of sp³-hybridized carbons (Fsp3) is 0.154. The van der Waals surface area contributed by atoms with Crippen LogP contribution in [0.25, 0.3) is 5.78 Å². The lowest BCUT2D eigenvalue weighted by molar-refractivity contribution is 0.222. The van der Waals surface area contributed by atoms with Gasteiger partial charge in [0.15, 0.2) is 0 Å². The van der Waals surface area contributed by atoms with Crippen LogP contribution in [0.3, 0.4) is 0 Å². The van der Waals surface area contributed by atoms with Gasteiger partial charge in [-0.2, -0.15) is 10.1 Å². The third-order valence-electron chi connectivity index (χ3n) is 2.78. The van der Waals surface area contributed by atoms with E-state index in [0.29, 0.717) is 21.6 Å². The maximum Gasteiger partial charge on any atom is 0.252 e. The first-order chi connectivity index (χ1) is 9.63. The van der Waals surface area contributed by atoms with Gasteiger partial charge in [-0.3, -0.25) is 0 Å². The molecule has 0 radical (unpaired) electrons. The molecule has 0 aliphatic heterocycles. The van der Waals surface area contributed by atoms with Crippen LogP contribution in [0, 0.1) is 0 Å². The summed E-state index contributed by atoms with van der Waals surface area (Å²) >= 11 is 11.9. The molecule has 0 aliphatic rings. The van der Waals surface area contributed by atoms with E-state index in [1.54, 1.807) is 28.9 Å². The number of fused-ring (bicyclic) bond motifs is 1. The zero-order valence-electron chi connectivity index (χ0n) is 10.5. The first-order valence-corrected chi connectivity index (χ1v) is 6.67. The van der Waals surface area contributed by atoms with Crippen LogP contribution in [0.2, 0.25) is 10.0 Å². The number of halogens is 2. The molecule has 0 amide bonds. The SMILES string of the molecule is CC(Oc1ccc(Cl)cc1Cl)c1ccn2ncnc2n1. The van der Waals surface area contributed by atoms with Gasteiger partial charge < -0.3 is 4.74 Å². The Balaban J connectivity index is 1.86. The highest BCUT2D eigenvalue weighted by atomic mass is 35.5. The molecule has 3 rings (SSSR count). The van der Waals surface area contributed by atoms with Gasteiger partial charge in [0.1, 0.15) is 18.2 Å². The summed E-state index contributed by atoms with van der Waals surface area (Å²) in [6.45, 7) is 1.89. The zero-order chi connectivity index (χ0) is 14.1. The quantitative estimate of drug-likeness (QED) is 0.742. The zero-order valence-corrected chi connectivity index (χ0v) is 12.0. The van der Waals surface area contributed by atoms with E-state index in [0.717, 1.165) is 5.69 Å². The van der Waals surface area contributed by atoms with E-state index in [1.165, 1.54) is 6.33 Å². The topological polar surface area (TPSA) is 52.3 Å². The monoisotopic (exact) mass is 308 g/mol. The van der Waals surface area contributed by atoms with Gasteiger partial charge in [-0.15, -0.1) is 0 Å². The lowest BCUT2D eigenvalue weighted by Crippen LogP contribution is -2.07. The fourth-order valence-electron chi connectivity index (χ4n) is 1.78. The van der Waals surface area contributed by atoms with Crippen LogP contribution in [-0.2, 0) is 0 Å². The van der Waals surface area contributed by atoms with Gasteiger partial charge >= 0.3 is 0 Å². The lowest BCUT2D eigenvalue weighted by atomic mass is 10.2. The maximum atomic E-state index is 6.08. The van der Waals surface area contributed by atoms with E-state index in [-0.39, 0.29) is 6.10 Å². The second-order valence-electron chi connectivity index (χ2n) is 4.19. The van der Waals surface area contributed by atoms with Gasteiger partial charge in [0.2, 0.25) is 0 Å². The lowest BCUT2D eigenvalue weighted by Gasteiger charge is -2.15. The molecule has 1 unspecified atom stereocenters. The molecule has 0 spiro atoms. The Morgan fingerprint density at radius 2 is 2.10 bits per heavy atom. The molecule has 1 atom stereocenters. The highest BCUT2D eigenvalue weighted by molar-refractivity contribution is 6.35. The normalized spacial score (nSPS) is 12.6. The Hall–Kier alpha value is -1.85. The molecule has 7 heteroatoms. The predicted molar refractivity (Wildman–Crippen MR) is 76.3 cm³/mol. The second kappa shape index (κ2) is 5.26. The number of rotatable bonds is 3. The van der Waals surface area contributed by atoms with E-state index in [4.69, 9.17) is 27.9 Å². The van der Waals surface area contributed by atoms with Crippen molar-refractivity contribution in [3.63, 3.8) is 0 Å². The summed E-state index contributed by atoms with van der Waals surface area (Å²) in [7, 11) is 0. The Bertz CT molecular complexity index is 759. The number of hydrogen-bond donors (Lipinski definition) is 0. The third kappa shape index (κ3) is 2.55. The number of ether oxygens (including phenoxy) is 1. The van der Waals surface area contributed by atoms with E-state index >= 15 is 0 Å². The van der Waals surface area contributed by atoms with Crippen LogP contribution in [0.5, 0.6) is 5.75 Å². The summed E-state index contributed by atoms with van der Waals surface area (Å²) in [6, 6.07) is 6.93. The first kappa shape index (κ1) is 13.1. The Morgan fingerprint density at radius 3 is 2.90 bits per heavy atom.